The highest BCUT2D eigenvalue weighted by molar-refractivity contribution is 8.03. The smallest absolute Gasteiger partial charge is 0.0545 e. The molecule has 3 aromatic rings. The van der Waals surface area contributed by atoms with Gasteiger partial charge in [-0.15, -0.1) is 0 Å². The molecule has 0 atom stereocenters. The molecule has 0 fully saturated rings. The molecular formula is C22H18S. The Bertz CT molecular complexity index is 765. The zero-order valence-corrected chi connectivity index (χ0v) is 13.7. The highest BCUT2D eigenvalue weighted by atomic mass is 32.2. The fourth-order valence-electron chi connectivity index (χ4n) is 3.27. The minimum Gasteiger partial charge on any atom is -0.0936 e. The van der Waals surface area contributed by atoms with Gasteiger partial charge in [-0.3, -0.25) is 0 Å². The van der Waals surface area contributed by atoms with Gasteiger partial charge in [0.1, 0.15) is 0 Å². The van der Waals surface area contributed by atoms with Gasteiger partial charge >= 0.3 is 0 Å². The van der Waals surface area contributed by atoms with Crippen molar-refractivity contribution in [3.05, 3.63) is 113 Å². The molecule has 112 valence electrons. The van der Waals surface area contributed by atoms with Crippen molar-refractivity contribution in [2.75, 3.05) is 0 Å². The zero-order chi connectivity index (χ0) is 15.5. The maximum atomic E-state index is 2.37. The zero-order valence-electron chi connectivity index (χ0n) is 12.9. The summed E-state index contributed by atoms with van der Waals surface area (Å²) in [6, 6.07) is 32.4. The molecule has 0 heterocycles. The van der Waals surface area contributed by atoms with Crippen molar-refractivity contribution in [1.82, 2.24) is 0 Å². The van der Waals surface area contributed by atoms with Gasteiger partial charge in [0.2, 0.25) is 0 Å². The molecule has 4 rings (SSSR count). The third kappa shape index (κ3) is 2.51. The summed E-state index contributed by atoms with van der Waals surface area (Å²) < 4.78 is 0. The Labute approximate surface area is 141 Å². The molecule has 0 aliphatic heterocycles. The SMILES string of the molecule is C1=C(Sc2ccccc2)C(c2ccccc2)(c2ccccc2)C1. The van der Waals surface area contributed by atoms with Crippen LogP contribution < -0.4 is 0 Å². The van der Waals surface area contributed by atoms with Gasteiger partial charge in [-0.25, -0.2) is 0 Å². The topological polar surface area (TPSA) is 0 Å². The average Bonchev–Trinajstić information content (AvgIpc) is 2.62. The van der Waals surface area contributed by atoms with Crippen molar-refractivity contribution >= 4 is 11.8 Å². The minimum atomic E-state index is 0.00300. The Morgan fingerprint density at radius 3 is 1.52 bits per heavy atom. The second kappa shape index (κ2) is 6.10. The van der Waals surface area contributed by atoms with Gasteiger partial charge in [-0.1, -0.05) is 96.7 Å². The van der Waals surface area contributed by atoms with Crippen LogP contribution in [0.5, 0.6) is 0 Å². The second-order valence-electron chi connectivity index (χ2n) is 5.82. The molecule has 0 radical (unpaired) electrons. The van der Waals surface area contributed by atoms with E-state index in [-0.39, 0.29) is 5.41 Å². The third-order valence-corrected chi connectivity index (χ3v) is 5.76. The molecule has 0 saturated carbocycles. The van der Waals surface area contributed by atoms with Crippen LogP contribution in [-0.4, -0.2) is 0 Å². The fraction of sp³-hybridized carbons (Fsp3) is 0.0909. The molecule has 0 amide bonds. The molecule has 1 aliphatic rings. The number of hydrogen-bond acceptors (Lipinski definition) is 1. The number of rotatable bonds is 4. The first-order valence-electron chi connectivity index (χ1n) is 7.94. The van der Waals surface area contributed by atoms with Crippen LogP contribution in [0.4, 0.5) is 0 Å². The minimum absolute atomic E-state index is 0.00300. The van der Waals surface area contributed by atoms with Gasteiger partial charge in [-0.2, -0.15) is 0 Å². The molecule has 3 aromatic carbocycles. The van der Waals surface area contributed by atoms with E-state index in [1.807, 2.05) is 11.8 Å². The summed E-state index contributed by atoms with van der Waals surface area (Å²) in [4.78, 5) is 2.73. The number of benzene rings is 3. The van der Waals surface area contributed by atoms with Crippen LogP contribution in [0.1, 0.15) is 17.5 Å². The monoisotopic (exact) mass is 314 g/mol. The summed E-state index contributed by atoms with van der Waals surface area (Å²) in [5.74, 6) is 0. The maximum absolute atomic E-state index is 2.37. The Morgan fingerprint density at radius 2 is 1.09 bits per heavy atom. The lowest BCUT2D eigenvalue weighted by Crippen LogP contribution is -2.34. The molecular weight excluding hydrogens is 296 g/mol. The molecule has 0 bridgehead atoms. The van der Waals surface area contributed by atoms with E-state index in [2.05, 4.69) is 97.1 Å². The summed E-state index contributed by atoms with van der Waals surface area (Å²) in [5, 5.41) is 0. The Kier molecular flexibility index (Phi) is 3.80. The molecule has 0 saturated heterocycles. The molecule has 0 spiro atoms. The van der Waals surface area contributed by atoms with Crippen molar-refractivity contribution in [3.8, 4) is 0 Å². The fourth-order valence-corrected chi connectivity index (χ4v) is 4.47. The first-order chi connectivity index (χ1) is 11.4. The predicted octanol–water partition coefficient (Wildman–Crippen LogP) is 6.05. The van der Waals surface area contributed by atoms with Crippen molar-refractivity contribution in [3.63, 3.8) is 0 Å². The lowest BCUT2D eigenvalue weighted by molar-refractivity contribution is 0.586. The van der Waals surface area contributed by atoms with E-state index < -0.39 is 0 Å². The average molecular weight is 314 g/mol. The van der Waals surface area contributed by atoms with Crippen LogP contribution in [0.2, 0.25) is 0 Å². The van der Waals surface area contributed by atoms with E-state index in [1.165, 1.54) is 20.9 Å². The van der Waals surface area contributed by atoms with Crippen LogP contribution in [0, 0.1) is 0 Å². The Balaban J connectivity index is 1.78. The summed E-state index contributed by atoms with van der Waals surface area (Å²) in [6.07, 6.45) is 3.44. The van der Waals surface area contributed by atoms with Gasteiger partial charge in [-0.05, 0) is 29.7 Å². The van der Waals surface area contributed by atoms with Crippen LogP contribution >= 0.6 is 11.8 Å². The summed E-state index contributed by atoms with van der Waals surface area (Å²) in [6.45, 7) is 0. The van der Waals surface area contributed by atoms with Gasteiger partial charge in [0, 0.05) is 9.80 Å². The van der Waals surface area contributed by atoms with E-state index in [0.717, 1.165) is 6.42 Å². The highest BCUT2D eigenvalue weighted by Gasteiger charge is 2.43. The molecule has 1 heteroatoms. The van der Waals surface area contributed by atoms with E-state index in [1.54, 1.807) is 0 Å². The molecule has 0 nitrogen and oxygen atoms in total. The highest BCUT2D eigenvalue weighted by Crippen LogP contribution is 2.55. The quantitative estimate of drug-likeness (QED) is 0.564. The maximum Gasteiger partial charge on any atom is 0.0545 e. The molecule has 0 unspecified atom stereocenters. The lowest BCUT2D eigenvalue weighted by Gasteiger charge is -2.43. The molecule has 1 aliphatic carbocycles. The van der Waals surface area contributed by atoms with E-state index in [9.17, 15) is 0 Å². The van der Waals surface area contributed by atoms with Crippen molar-refractivity contribution in [1.29, 1.82) is 0 Å². The lowest BCUT2D eigenvalue weighted by atomic mass is 9.66. The predicted molar refractivity (Wildman–Crippen MR) is 98.7 cm³/mol. The van der Waals surface area contributed by atoms with E-state index in [4.69, 9.17) is 0 Å². The second-order valence-corrected chi connectivity index (χ2v) is 6.94. The molecule has 23 heavy (non-hydrogen) atoms. The van der Waals surface area contributed by atoms with Gasteiger partial charge in [0.15, 0.2) is 0 Å². The first-order valence-corrected chi connectivity index (χ1v) is 8.76. The van der Waals surface area contributed by atoms with Crippen molar-refractivity contribution in [2.45, 2.75) is 16.7 Å². The van der Waals surface area contributed by atoms with E-state index >= 15 is 0 Å². The van der Waals surface area contributed by atoms with Gasteiger partial charge < -0.3 is 0 Å². The normalized spacial score (nSPS) is 15.6. The summed E-state index contributed by atoms with van der Waals surface area (Å²) in [5.41, 5.74) is 2.77. The van der Waals surface area contributed by atoms with Gasteiger partial charge in [0.05, 0.1) is 5.41 Å². The van der Waals surface area contributed by atoms with Crippen molar-refractivity contribution in [2.24, 2.45) is 0 Å². The van der Waals surface area contributed by atoms with E-state index in [0.29, 0.717) is 0 Å². The largest absolute Gasteiger partial charge is 0.0936 e. The summed E-state index contributed by atoms with van der Waals surface area (Å²) in [7, 11) is 0. The third-order valence-electron chi connectivity index (χ3n) is 4.52. The van der Waals surface area contributed by atoms with Crippen LogP contribution in [0.25, 0.3) is 0 Å². The van der Waals surface area contributed by atoms with Crippen LogP contribution in [0.3, 0.4) is 0 Å². The molecule has 0 N–H and O–H groups in total. The Morgan fingerprint density at radius 1 is 0.609 bits per heavy atom. The Hall–Kier alpha value is -2.25. The standard InChI is InChI=1S/C22H18S/c1-4-10-18(11-5-1)22(19-12-6-2-7-13-19)17-16-21(22)23-20-14-8-3-9-15-20/h1-16H,17H2. The number of thioether (sulfide) groups is 1. The van der Waals surface area contributed by atoms with Crippen LogP contribution in [-0.2, 0) is 5.41 Å². The van der Waals surface area contributed by atoms with Crippen LogP contribution in [0.15, 0.2) is 107 Å². The number of hydrogen-bond donors (Lipinski definition) is 0. The first kappa shape index (κ1) is 14.3. The van der Waals surface area contributed by atoms with Crippen molar-refractivity contribution < 1.29 is 0 Å². The van der Waals surface area contributed by atoms with Gasteiger partial charge in [0.25, 0.3) is 0 Å². The molecule has 0 aromatic heterocycles. The summed E-state index contributed by atoms with van der Waals surface area (Å²) >= 11 is 1.89. The number of allylic oxidation sites excluding steroid dienone is 2.